The molecule has 0 fully saturated rings. The third-order valence-electron chi connectivity index (χ3n) is 3.72. The highest BCUT2D eigenvalue weighted by Crippen LogP contribution is 2.26. The SMILES string of the molecule is CNC(CSc1ccc(C)cc1)c1ccc(C)c(C)c1. The lowest BCUT2D eigenvalue weighted by molar-refractivity contribution is 0.661. The van der Waals surface area contributed by atoms with Crippen LogP contribution in [0, 0.1) is 20.8 Å². The minimum atomic E-state index is 0.389. The van der Waals surface area contributed by atoms with E-state index < -0.39 is 0 Å². The van der Waals surface area contributed by atoms with Gasteiger partial charge in [0.05, 0.1) is 0 Å². The Labute approximate surface area is 126 Å². The molecule has 0 aliphatic heterocycles. The summed E-state index contributed by atoms with van der Waals surface area (Å²) >= 11 is 1.90. The van der Waals surface area contributed by atoms with Gasteiger partial charge in [0.25, 0.3) is 0 Å². The van der Waals surface area contributed by atoms with E-state index >= 15 is 0 Å². The van der Waals surface area contributed by atoms with E-state index in [0.717, 1.165) is 5.75 Å². The Morgan fingerprint density at radius 3 is 2.25 bits per heavy atom. The van der Waals surface area contributed by atoms with Gasteiger partial charge in [-0.25, -0.2) is 0 Å². The van der Waals surface area contributed by atoms with Gasteiger partial charge < -0.3 is 5.32 Å². The van der Waals surface area contributed by atoms with Crippen LogP contribution in [0.25, 0.3) is 0 Å². The smallest absolute Gasteiger partial charge is 0.0413 e. The molecule has 0 amide bonds. The van der Waals surface area contributed by atoms with Crippen LogP contribution in [-0.4, -0.2) is 12.8 Å². The summed E-state index contributed by atoms with van der Waals surface area (Å²) < 4.78 is 0. The van der Waals surface area contributed by atoms with Crippen molar-refractivity contribution >= 4 is 11.8 Å². The van der Waals surface area contributed by atoms with E-state index in [4.69, 9.17) is 0 Å². The minimum Gasteiger partial charge on any atom is -0.312 e. The second-order valence-corrected chi connectivity index (χ2v) is 6.40. The molecule has 2 heteroatoms. The molecule has 0 bridgehead atoms. The Bertz CT molecular complexity index is 560. The molecular weight excluding hydrogens is 262 g/mol. The van der Waals surface area contributed by atoms with Gasteiger partial charge in [0.1, 0.15) is 0 Å². The molecule has 2 rings (SSSR count). The zero-order valence-electron chi connectivity index (χ0n) is 12.7. The first-order chi connectivity index (χ1) is 9.60. The van der Waals surface area contributed by atoms with E-state index in [1.54, 1.807) is 0 Å². The Hall–Kier alpha value is -1.25. The van der Waals surface area contributed by atoms with E-state index in [0.29, 0.717) is 6.04 Å². The molecule has 0 saturated carbocycles. The van der Waals surface area contributed by atoms with E-state index in [9.17, 15) is 0 Å². The molecule has 1 atom stereocenters. The number of thioether (sulfide) groups is 1. The van der Waals surface area contributed by atoms with Crippen molar-refractivity contribution in [3.8, 4) is 0 Å². The van der Waals surface area contributed by atoms with Crippen LogP contribution < -0.4 is 5.32 Å². The van der Waals surface area contributed by atoms with Crippen molar-refractivity contribution in [1.82, 2.24) is 5.32 Å². The van der Waals surface area contributed by atoms with Gasteiger partial charge in [0, 0.05) is 16.7 Å². The van der Waals surface area contributed by atoms with Gasteiger partial charge >= 0.3 is 0 Å². The predicted octanol–water partition coefficient (Wildman–Crippen LogP) is 4.66. The Kier molecular flexibility index (Phi) is 5.27. The first kappa shape index (κ1) is 15.1. The van der Waals surface area contributed by atoms with Crippen LogP contribution in [0.5, 0.6) is 0 Å². The Morgan fingerprint density at radius 1 is 0.950 bits per heavy atom. The number of hydrogen-bond donors (Lipinski definition) is 1. The van der Waals surface area contributed by atoms with Crippen LogP contribution in [0.2, 0.25) is 0 Å². The number of rotatable bonds is 5. The van der Waals surface area contributed by atoms with Crippen LogP contribution >= 0.6 is 11.8 Å². The summed E-state index contributed by atoms with van der Waals surface area (Å²) in [6.45, 7) is 6.47. The molecule has 20 heavy (non-hydrogen) atoms. The largest absolute Gasteiger partial charge is 0.312 e. The lowest BCUT2D eigenvalue weighted by Gasteiger charge is -2.17. The van der Waals surface area contributed by atoms with Crippen LogP contribution in [0.15, 0.2) is 47.4 Å². The normalized spacial score (nSPS) is 12.4. The number of nitrogens with one attached hydrogen (secondary N) is 1. The minimum absolute atomic E-state index is 0.389. The van der Waals surface area contributed by atoms with Crippen LogP contribution in [0.1, 0.15) is 28.3 Å². The average molecular weight is 285 g/mol. The fraction of sp³-hybridized carbons (Fsp3) is 0.333. The average Bonchev–Trinajstić information content (AvgIpc) is 2.45. The molecule has 0 heterocycles. The van der Waals surface area contributed by atoms with Crippen molar-refractivity contribution in [1.29, 1.82) is 0 Å². The quantitative estimate of drug-likeness (QED) is 0.802. The Balaban J connectivity index is 2.05. The van der Waals surface area contributed by atoms with Crippen molar-refractivity contribution in [3.63, 3.8) is 0 Å². The highest BCUT2D eigenvalue weighted by molar-refractivity contribution is 7.99. The summed E-state index contributed by atoms with van der Waals surface area (Å²) in [7, 11) is 2.04. The van der Waals surface area contributed by atoms with Crippen molar-refractivity contribution in [3.05, 3.63) is 64.7 Å². The van der Waals surface area contributed by atoms with Crippen molar-refractivity contribution in [2.24, 2.45) is 0 Å². The molecule has 0 aliphatic carbocycles. The summed E-state index contributed by atoms with van der Waals surface area (Å²) in [5.74, 6) is 1.04. The Morgan fingerprint density at radius 2 is 1.65 bits per heavy atom. The van der Waals surface area contributed by atoms with Gasteiger partial charge in [-0.2, -0.15) is 0 Å². The van der Waals surface area contributed by atoms with Gasteiger partial charge in [-0.15, -0.1) is 11.8 Å². The molecule has 0 aliphatic rings. The first-order valence-electron chi connectivity index (χ1n) is 7.04. The number of hydrogen-bond acceptors (Lipinski definition) is 2. The fourth-order valence-corrected chi connectivity index (χ4v) is 3.19. The highest BCUT2D eigenvalue weighted by atomic mass is 32.2. The monoisotopic (exact) mass is 285 g/mol. The summed E-state index contributed by atoms with van der Waals surface area (Å²) in [6.07, 6.45) is 0. The van der Waals surface area contributed by atoms with Gasteiger partial charge in [0.15, 0.2) is 0 Å². The van der Waals surface area contributed by atoms with Crippen LogP contribution in [0.4, 0.5) is 0 Å². The van der Waals surface area contributed by atoms with Crippen molar-refractivity contribution in [2.75, 3.05) is 12.8 Å². The van der Waals surface area contributed by atoms with E-state index in [-0.39, 0.29) is 0 Å². The van der Waals surface area contributed by atoms with Gasteiger partial charge in [-0.05, 0) is 56.6 Å². The summed E-state index contributed by atoms with van der Waals surface area (Å²) in [6, 6.07) is 15.9. The summed E-state index contributed by atoms with van der Waals surface area (Å²) in [5.41, 5.74) is 5.40. The van der Waals surface area contributed by atoms with Gasteiger partial charge in [0.2, 0.25) is 0 Å². The number of benzene rings is 2. The molecular formula is C18H23NS. The van der Waals surface area contributed by atoms with E-state index in [1.165, 1.54) is 27.1 Å². The molecule has 106 valence electrons. The maximum atomic E-state index is 3.43. The van der Waals surface area contributed by atoms with Crippen LogP contribution in [-0.2, 0) is 0 Å². The summed E-state index contributed by atoms with van der Waals surface area (Å²) in [4.78, 5) is 1.33. The number of aryl methyl sites for hydroxylation is 3. The standard InChI is InChI=1S/C18H23NS/c1-13-5-9-17(10-6-13)20-12-18(19-4)16-8-7-14(2)15(3)11-16/h5-11,18-19H,12H2,1-4H3. The lowest BCUT2D eigenvalue weighted by atomic mass is 10.0. The maximum Gasteiger partial charge on any atom is 0.0413 e. The fourth-order valence-electron chi connectivity index (χ4n) is 2.14. The van der Waals surface area contributed by atoms with Crippen LogP contribution in [0.3, 0.4) is 0 Å². The van der Waals surface area contributed by atoms with Crippen molar-refractivity contribution < 1.29 is 0 Å². The van der Waals surface area contributed by atoms with Gasteiger partial charge in [-0.1, -0.05) is 35.9 Å². The second-order valence-electron chi connectivity index (χ2n) is 5.31. The third-order valence-corrected chi connectivity index (χ3v) is 4.82. The van der Waals surface area contributed by atoms with Gasteiger partial charge in [-0.3, -0.25) is 0 Å². The predicted molar refractivity (Wildman–Crippen MR) is 89.6 cm³/mol. The first-order valence-corrected chi connectivity index (χ1v) is 8.02. The maximum absolute atomic E-state index is 3.43. The second kappa shape index (κ2) is 6.96. The molecule has 0 radical (unpaired) electrons. The molecule has 2 aromatic carbocycles. The lowest BCUT2D eigenvalue weighted by Crippen LogP contribution is -2.18. The molecule has 1 N–H and O–H groups in total. The topological polar surface area (TPSA) is 12.0 Å². The molecule has 1 nitrogen and oxygen atoms in total. The molecule has 0 aromatic heterocycles. The molecule has 1 unspecified atom stereocenters. The van der Waals surface area contributed by atoms with E-state index in [1.807, 2.05) is 18.8 Å². The zero-order chi connectivity index (χ0) is 14.5. The highest BCUT2D eigenvalue weighted by Gasteiger charge is 2.10. The zero-order valence-corrected chi connectivity index (χ0v) is 13.6. The molecule has 0 saturated heterocycles. The summed E-state index contributed by atoms with van der Waals surface area (Å²) in [5, 5.41) is 3.43. The molecule has 2 aromatic rings. The van der Waals surface area contributed by atoms with E-state index in [2.05, 4.69) is 68.6 Å². The van der Waals surface area contributed by atoms with Crippen molar-refractivity contribution in [2.45, 2.75) is 31.7 Å². The molecule has 0 spiro atoms. The third kappa shape index (κ3) is 3.87.